The molecule has 0 saturated carbocycles. The highest BCUT2D eigenvalue weighted by Crippen LogP contribution is 2.25. The van der Waals surface area contributed by atoms with Gasteiger partial charge in [0.1, 0.15) is 0 Å². The second kappa shape index (κ2) is 7.56. The number of benzene rings is 1. The number of morpholine rings is 1. The third-order valence-corrected chi connectivity index (χ3v) is 4.60. The summed E-state index contributed by atoms with van der Waals surface area (Å²) in [6.07, 6.45) is 0. The first-order valence-electron chi connectivity index (χ1n) is 7.83. The van der Waals surface area contributed by atoms with Crippen LogP contribution in [0.1, 0.15) is 11.6 Å². The van der Waals surface area contributed by atoms with E-state index in [9.17, 15) is 0 Å². The summed E-state index contributed by atoms with van der Waals surface area (Å²) in [5.74, 6) is 0. The Hall–Kier alpha value is -0.650. The highest BCUT2D eigenvalue weighted by atomic mass is 35.5. The largest absolute Gasteiger partial charge is 0.379 e. The van der Waals surface area contributed by atoms with Crippen molar-refractivity contribution in [2.45, 2.75) is 6.04 Å². The molecule has 21 heavy (non-hydrogen) atoms. The third kappa shape index (κ3) is 4.18. The van der Waals surface area contributed by atoms with Crippen molar-refractivity contribution < 1.29 is 4.74 Å². The van der Waals surface area contributed by atoms with Crippen LogP contribution in [0.4, 0.5) is 0 Å². The molecule has 0 bridgehead atoms. The molecule has 2 aliphatic rings. The lowest BCUT2D eigenvalue weighted by Gasteiger charge is -2.39. The average Bonchev–Trinajstić information content (AvgIpc) is 2.54. The van der Waals surface area contributed by atoms with Crippen molar-refractivity contribution in [2.75, 3.05) is 59.0 Å². The highest BCUT2D eigenvalue weighted by molar-refractivity contribution is 6.30. The zero-order valence-corrected chi connectivity index (χ0v) is 13.2. The average molecular weight is 310 g/mol. The zero-order valence-electron chi connectivity index (χ0n) is 12.4. The van der Waals surface area contributed by atoms with Gasteiger partial charge in [-0.2, -0.15) is 0 Å². The second-order valence-corrected chi connectivity index (χ2v) is 6.21. The second-order valence-electron chi connectivity index (χ2n) is 5.77. The summed E-state index contributed by atoms with van der Waals surface area (Å²) in [6.45, 7) is 9.16. The van der Waals surface area contributed by atoms with Crippen LogP contribution in [0.3, 0.4) is 0 Å². The molecule has 0 radical (unpaired) electrons. The fourth-order valence-electron chi connectivity index (χ4n) is 3.17. The number of rotatable bonds is 4. The Balaban J connectivity index is 1.75. The van der Waals surface area contributed by atoms with Gasteiger partial charge in [0, 0.05) is 56.9 Å². The maximum atomic E-state index is 6.21. The van der Waals surface area contributed by atoms with Crippen LogP contribution in [0.25, 0.3) is 0 Å². The van der Waals surface area contributed by atoms with Crippen molar-refractivity contribution >= 4 is 11.6 Å². The van der Waals surface area contributed by atoms with Crippen molar-refractivity contribution in [1.29, 1.82) is 0 Å². The molecular formula is C16H24ClN3O. The maximum absolute atomic E-state index is 6.21. The lowest BCUT2D eigenvalue weighted by Crippen LogP contribution is -2.49. The molecule has 1 unspecified atom stereocenters. The molecule has 4 nitrogen and oxygen atoms in total. The SMILES string of the molecule is Clc1cccc(C(CN2CCOCC2)N2CCNCC2)c1. The first-order chi connectivity index (χ1) is 10.3. The minimum absolute atomic E-state index is 0.420. The van der Waals surface area contributed by atoms with Gasteiger partial charge in [-0.15, -0.1) is 0 Å². The number of ether oxygens (including phenoxy) is 1. The van der Waals surface area contributed by atoms with Crippen molar-refractivity contribution in [3.8, 4) is 0 Å². The van der Waals surface area contributed by atoms with Crippen molar-refractivity contribution in [3.05, 3.63) is 34.9 Å². The van der Waals surface area contributed by atoms with Crippen LogP contribution < -0.4 is 5.32 Å². The minimum Gasteiger partial charge on any atom is -0.379 e. The van der Waals surface area contributed by atoms with E-state index in [2.05, 4.69) is 33.3 Å². The Morgan fingerprint density at radius 1 is 1.14 bits per heavy atom. The smallest absolute Gasteiger partial charge is 0.0594 e. The van der Waals surface area contributed by atoms with Gasteiger partial charge in [-0.25, -0.2) is 0 Å². The van der Waals surface area contributed by atoms with Gasteiger partial charge in [0.15, 0.2) is 0 Å². The molecule has 1 N–H and O–H groups in total. The number of halogens is 1. The number of hydrogen-bond acceptors (Lipinski definition) is 4. The molecule has 2 saturated heterocycles. The summed E-state index contributed by atoms with van der Waals surface area (Å²) in [5, 5.41) is 4.26. The molecular weight excluding hydrogens is 286 g/mol. The Labute approximate surface area is 132 Å². The molecule has 0 aliphatic carbocycles. The summed E-state index contributed by atoms with van der Waals surface area (Å²) in [5.41, 5.74) is 1.33. The summed E-state index contributed by atoms with van der Waals surface area (Å²) < 4.78 is 5.47. The van der Waals surface area contributed by atoms with Gasteiger partial charge < -0.3 is 10.1 Å². The van der Waals surface area contributed by atoms with Gasteiger partial charge in [0.05, 0.1) is 13.2 Å². The van der Waals surface area contributed by atoms with E-state index in [0.717, 1.165) is 64.0 Å². The fourth-order valence-corrected chi connectivity index (χ4v) is 3.37. The van der Waals surface area contributed by atoms with Crippen LogP contribution in [0.15, 0.2) is 24.3 Å². The Morgan fingerprint density at radius 2 is 1.90 bits per heavy atom. The fraction of sp³-hybridized carbons (Fsp3) is 0.625. The monoisotopic (exact) mass is 309 g/mol. The Bertz CT molecular complexity index is 445. The van der Waals surface area contributed by atoms with E-state index < -0.39 is 0 Å². The van der Waals surface area contributed by atoms with Crippen LogP contribution >= 0.6 is 11.6 Å². The molecule has 1 aromatic carbocycles. The predicted molar refractivity (Wildman–Crippen MR) is 85.9 cm³/mol. The molecule has 2 fully saturated rings. The van der Waals surface area contributed by atoms with Crippen molar-refractivity contribution in [1.82, 2.24) is 15.1 Å². The van der Waals surface area contributed by atoms with Crippen molar-refractivity contribution in [2.24, 2.45) is 0 Å². The third-order valence-electron chi connectivity index (χ3n) is 4.36. The minimum atomic E-state index is 0.420. The van der Waals surface area contributed by atoms with E-state index in [0.29, 0.717) is 6.04 Å². The summed E-state index contributed by atoms with van der Waals surface area (Å²) in [7, 11) is 0. The normalized spacial score (nSPS) is 23.1. The van der Waals surface area contributed by atoms with E-state index in [4.69, 9.17) is 16.3 Å². The number of nitrogens with zero attached hydrogens (tertiary/aromatic N) is 2. The first kappa shape index (κ1) is 15.3. The highest BCUT2D eigenvalue weighted by Gasteiger charge is 2.25. The van der Waals surface area contributed by atoms with E-state index in [1.807, 2.05) is 6.07 Å². The first-order valence-corrected chi connectivity index (χ1v) is 8.21. The van der Waals surface area contributed by atoms with Crippen LogP contribution in [0.2, 0.25) is 5.02 Å². The summed E-state index contributed by atoms with van der Waals surface area (Å²) in [4.78, 5) is 5.09. The number of nitrogens with one attached hydrogen (secondary N) is 1. The van der Waals surface area contributed by atoms with Crippen molar-refractivity contribution in [3.63, 3.8) is 0 Å². The molecule has 3 rings (SSSR count). The lowest BCUT2D eigenvalue weighted by atomic mass is 10.0. The van der Waals surface area contributed by atoms with Gasteiger partial charge in [0.2, 0.25) is 0 Å². The van der Waals surface area contributed by atoms with E-state index in [-0.39, 0.29) is 0 Å². The van der Waals surface area contributed by atoms with Crippen LogP contribution in [-0.4, -0.2) is 68.8 Å². The molecule has 5 heteroatoms. The molecule has 1 atom stereocenters. The standard InChI is InChI=1S/C16H24ClN3O/c17-15-3-1-2-14(12-15)16(20-6-4-18-5-7-20)13-19-8-10-21-11-9-19/h1-3,12,16,18H,4-11,13H2. The molecule has 0 aromatic heterocycles. The molecule has 0 amide bonds. The molecule has 0 spiro atoms. The van der Waals surface area contributed by atoms with Gasteiger partial charge >= 0.3 is 0 Å². The molecule has 2 aliphatic heterocycles. The van der Waals surface area contributed by atoms with E-state index >= 15 is 0 Å². The summed E-state index contributed by atoms with van der Waals surface area (Å²) in [6, 6.07) is 8.76. The Kier molecular flexibility index (Phi) is 5.49. The van der Waals surface area contributed by atoms with E-state index in [1.165, 1.54) is 5.56 Å². The quantitative estimate of drug-likeness (QED) is 0.915. The molecule has 2 heterocycles. The molecule has 116 valence electrons. The lowest BCUT2D eigenvalue weighted by molar-refractivity contribution is 0.0206. The van der Waals surface area contributed by atoms with Crippen LogP contribution in [0.5, 0.6) is 0 Å². The van der Waals surface area contributed by atoms with Gasteiger partial charge in [-0.05, 0) is 17.7 Å². The van der Waals surface area contributed by atoms with Gasteiger partial charge in [-0.3, -0.25) is 9.80 Å². The Morgan fingerprint density at radius 3 is 2.62 bits per heavy atom. The van der Waals surface area contributed by atoms with E-state index in [1.54, 1.807) is 0 Å². The van der Waals surface area contributed by atoms with Crippen LogP contribution in [0, 0.1) is 0 Å². The topological polar surface area (TPSA) is 27.7 Å². The number of hydrogen-bond donors (Lipinski definition) is 1. The molecule has 1 aromatic rings. The summed E-state index contributed by atoms with van der Waals surface area (Å²) >= 11 is 6.21. The zero-order chi connectivity index (χ0) is 14.5. The van der Waals surface area contributed by atoms with Gasteiger partial charge in [-0.1, -0.05) is 23.7 Å². The maximum Gasteiger partial charge on any atom is 0.0594 e. The van der Waals surface area contributed by atoms with Gasteiger partial charge in [0.25, 0.3) is 0 Å². The predicted octanol–water partition coefficient (Wildman–Crippen LogP) is 1.62. The van der Waals surface area contributed by atoms with Crippen LogP contribution in [-0.2, 0) is 4.74 Å². The number of piperazine rings is 1.